The molecule has 0 spiro atoms. The molecule has 25 heavy (non-hydrogen) atoms. The van der Waals surface area contributed by atoms with Gasteiger partial charge in [0.25, 0.3) is 0 Å². The Balaban J connectivity index is 0.00000225. The third-order valence-electron chi connectivity index (χ3n) is 3.69. The number of halogens is 2. The van der Waals surface area contributed by atoms with Crippen molar-refractivity contribution in [3.05, 3.63) is 59.2 Å². The highest BCUT2D eigenvalue weighted by atomic mass is 35.5. The van der Waals surface area contributed by atoms with Crippen LogP contribution in [0.1, 0.15) is 0 Å². The first-order valence-corrected chi connectivity index (χ1v) is 7.83. The van der Waals surface area contributed by atoms with Gasteiger partial charge in [0.05, 0.1) is 17.6 Å². The lowest BCUT2D eigenvalue weighted by Gasteiger charge is -2.08. The van der Waals surface area contributed by atoms with Gasteiger partial charge in [0.2, 0.25) is 11.5 Å². The van der Waals surface area contributed by atoms with E-state index in [4.69, 9.17) is 27.5 Å². The van der Waals surface area contributed by atoms with E-state index in [0.29, 0.717) is 23.9 Å². The Bertz CT molecular complexity index is 932. The number of carbonyl (C=O) groups excluding carboxylic acids is 1. The number of nitrogens with two attached hydrogens (primary N) is 1. The van der Waals surface area contributed by atoms with Crippen LogP contribution in [0.3, 0.4) is 0 Å². The van der Waals surface area contributed by atoms with Gasteiger partial charge in [-0.2, -0.15) is 0 Å². The molecule has 0 aliphatic heterocycles. The van der Waals surface area contributed by atoms with Crippen molar-refractivity contribution in [1.82, 2.24) is 9.13 Å². The van der Waals surface area contributed by atoms with Gasteiger partial charge in [-0.25, -0.2) is 0 Å². The minimum absolute atomic E-state index is 0. The number of benzene rings is 2. The molecule has 6 nitrogen and oxygen atoms in total. The normalized spacial score (nSPS) is 10.4. The number of carbonyl (C=O) groups is 1. The number of rotatable bonds is 6. The summed E-state index contributed by atoms with van der Waals surface area (Å²) in [6.45, 7) is 0.848. The van der Waals surface area contributed by atoms with E-state index in [1.165, 1.54) is 0 Å². The first-order valence-electron chi connectivity index (χ1n) is 7.45. The zero-order valence-electron chi connectivity index (χ0n) is 13.3. The van der Waals surface area contributed by atoms with Gasteiger partial charge >= 0.3 is 0 Å². The van der Waals surface area contributed by atoms with Gasteiger partial charge < -0.3 is 19.6 Å². The summed E-state index contributed by atoms with van der Waals surface area (Å²) in [5.74, 6) is 0.237. The Morgan fingerprint density at radius 2 is 1.68 bits per heavy atom. The fourth-order valence-corrected chi connectivity index (χ4v) is 2.75. The second kappa shape index (κ2) is 8.09. The SMILES string of the molecule is Cl.N=c1n(CCOc2ccc(Cl)cc2)c2ccccc2n1CC(N)=O. The smallest absolute Gasteiger partial charge is 0.237 e. The van der Waals surface area contributed by atoms with Gasteiger partial charge in [0.1, 0.15) is 18.9 Å². The van der Waals surface area contributed by atoms with Crippen LogP contribution in [-0.4, -0.2) is 21.6 Å². The number of ether oxygens (including phenoxy) is 1. The average molecular weight is 381 g/mol. The summed E-state index contributed by atoms with van der Waals surface area (Å²) in [4.78, 5) is 11.3. The van der Waals surface area contributed by atoms with Crippen LogP contribution < -0.4 is 16.1 Å². The van der Waals surface area contributed by atoms with Gasteiger partial charge in [-0.15, -0.1) is 12.4 Å². The number of hydrogen-bond acceptors (Lipinski definition) is 3. The molecule has 132 valence electrons. The number of para-hydroxylation sites is 2. The van der Waals surface area contributed by atoms with E-state index in [9.17, 15) is 4.79 Å². The lowest BCUT2D eigenvalue weighted by molar-refractivity contribution is -0.118. The third-order valence-corrected chi connectivity index (χ3v) is 3.94. The molecule has 0 saturated carbocycles. The molecule has 2 aromatic carbocycles. The fourth-order valence-electron chi connectivity index (χ4n) is 2.62. The first-order chi connectivity index (χ1) is 11.6. The zero-order chi connectivity index (χ0) is 17.1. The molecular formula is C17H18Cl2N4O2. The van der Waals surface area contributed by atoms with Gasteiger partial charge in [0, 0.05) is 5.02 Å². The molecule has 8 heteroatoms. The number of hydrogen-bond donors (Lipinski definition) is 2. The monoisotopic (exact) mass is 380 g/mol. The summed E-state index contributed by atoms with van der Waals surface area (Å²) in [6, 6.07) is 14.7. The Hall–Kier alpha value is -2.44. The summed E-state index contributed by atoms with van der Waals surface area (Å²) in [6.07, 6.45) is 0. The van der Waals surface area contributed by atoms with Crippen LogP contribution in [0.25, 0.3) is 11.0 Å². The molecule has 0 fully saturated rings. The highest BCUT2D eigenvalue weighted by Crippen LogP contribution is 2.16. The van der Waals surface area contributed by atoms with E-state index in [1.54, 1.807) is 33.4 Å². The van der Waals surface area contributed by atoms with E-state index in [2.05, 4.69) is 0 Å². The quantitative estimate of drug-likeness (QED) is 0.688. The van der Waals surface area contributed by atoms with Crippen molar-refractivity contribution in [2.75, 3.05) is 6.61 Å². The maximum absolute atomic E-state index is 11.3. The summed E-state index contributed by atoms with van der Waals surface area (Å²) < 4.78 is 9.09. The van der Waals surface area contributed by atoms with Gasteiger partial charge in [-0.3, -0.25) is 10.2 Å². The average Bonchev–Trinajstić information content (AvgIpc) is 2.82. The molecule has 1 aromatic heterocycles. The molecule has 0 radical (unpaired) electrons. The van der Waals surface area contributed by atoms with Crippen LogP contribution in [0.5, 0.6) is 5.75 Å². The number of aromatic nitrogens is 2. The van der Waals surface area contributed by atoms with Crippen molar-refractivity contribution in [3.8, 4) is 5.75 Å². The molecular weight excluding hydrogens is 363 g/mol. The van der Waals surface area contributed by atoms with Gasteiger partial charge in [0.15, 0.2) is 0 Å². The molecule has 0 aliphatic carbocycles. The van der Waals surface area contributed by atoms with Crippen molar-refractivity contribution in [3.63, 3.8) is 0 Å². The number of nitrogens with zero attached hydrogens (tertiary/aromatic N) is 2. The highest BCUT2D eigenvalue weighted by Gasteiger charge is 2.11. The topological polar surface area (TPSA) is 86.0 Å². The van der Waals surface area contributed by atoms with E-state index >= 15 is 0 Å². The van der Waals surface area contributed by atoms with Crippen molar-refractivity contribution >= 4 is 40.9 Å². The Morgan fingerprint density at radius 1 is 1.08 bits per heavy atom. The second-order valence-electron chi connectivity index (χ2n) is 5.32. The largest absolute Gasteiger partial charge is 0.492 e. The maximum Gasteiger partial charge on any atom is 0.237 e. The Kier molecular flexibility index (Phi) is 6.12. The first kappa shape index (κ1) is 18.9. The molecule has 3 rings (SSSR count). The van der Waals surface area contributed by atoms with Crippen molar-refractivity contribution in [1.29, 1.82) is 5.41 Å². The standard InChI is InChI=1S/C17H17ClN4O2.ClH/c18-12-5-7-13(8-6-12)24-10-9-21-14-3-1-2-4-15(14)22(17(21)20)11-16(19)23;/h1-8,20H,9-11H2,(H2,19,23);1H. The van der Waals surface area contributed by atoms with Crippen LogP contribution in [0, 0.1) is 5.41 Å². The number of amides is 1. The molecule has 0 aliphatic rings. The minimum atomic E-state index is -0.478. The van der Waals surface area contributed by atoms with Crippen LogP contribution >= 0.6 is 24.0 Å². The van der Waals surface area contributed by atoms with Crippen molar-refractivity contribution in [2.24, 2.45) is 5.73 Å². The molecule has 0 bridgehead atoms. The van der Waals surface area contributed by atoms with E-state index in [0.717, 1.165) is 11.0 Å². The van der Waals surface area contributed by atoms with Crippen molar-refractivity contribution < 1.29 is 9.53 Å². The highest BCUT2D eigenvalue weighted by molar-refractivity contribution is 6.30. The van der Waals surface area contributed by atoms with Crippen LogP contribution in [0.15, 0.2) is 48.5 Å². The summed E-state index contributed by atoms with van der Waals surface area (Å²) in [5.41, 5.74) is 7.17. The lowest BCUT2D eigenvalue weighted by Crippen LogP contribution is -2.30. The van der Waals surface area contributed by atoms with E-state index < -0.39 is 5.91 Å². The molecule has 3 aromatic rings. The summed E-state index contributed by atoms with van der Waals surface area (Å²) in [5, 5.41) is 8.98. The fraction of sp³-hybridized carbons (Fsp3) is 0.176. The molecule has 0 atom stereocenters. The molecule has 1 amide bonds. The number of nitrogens with one attached hydrogen (secondary N) is 1. The van der Waals surface area contributed by atoms with Crippen molar-refractivity contribution in [2.45, 2.75) is 13.1 Å². The molecule has 3 N–H and O–H groups in total. The van der Waals surface area contributed by atoms with E-state index in [-0.39, 0.29) is 24.6 Å². The number of fused-ring (bicyclic) bond motifs is 1. The van der Waals surface area contributed by atoms with Gasteiger partial charge in [-0.1, -0.05) is 23.7 Å². The maximum atomic E-state index is 11.3. The molecule has 0 saturated heterocycles. The predicted molar refractivity (Wildman–Crippen MR) is 99.2 cm³/mol. The third kappa shape index (κ3) is 4.15. The summed E-state index contributed by atoms with van der Waals surface area (Å²) >= 11 is 5.85. The number of imidazole rings is 1. The van der Waals surface area contributed by atoms with Crippen LogP contribution in [0.4, 0.5) is 0 Å². The van der Waals surface area contributed by atoms with E-state index in [1.807, 2.05) is 24.3 Å². The Morgan fingerprint density at radius 3 is 2.28 bits per heavy atom. The molecule has 0 unspecified atom stereocenters. The lowest BCUT2D eigenvalue weighted by atomic mass is 10.3. The number of primary amides is 1. The minimum Gasteiger partial charge on any atom is -0.492 e. The second-order valence-corrected chi connectivity index (χ2v) is 5.76. The zero-order valence-corrected chi connectivity index (χ0v) is 14.9. The molecule has 1 heterocycles. The predicted octanol–water partition coefficient (Wildman–Crippen LogP) is 2.56. The summed E-state index contributed by atoms with van der Waals surface area (Å²) in [7, 11) is 0. The Labute approximate surface area is 155 Å². The van der Waals surface area contributed by atoms with Crippen LogP contribution in [-0.2, 0) is 17.9 Å². The van der Waals surface area contributed by atoms with Crippen LogP contribution in [0.2, 0.25) is 5.02 Å². The van der Waals surface area contributed by atoms with Gasteiger partial charge in [-0.05, 0) is 36.4 Å².